The van der Waals surface area contributed by atoms with Crippen LogP contribution in [0.4, 0.5) is 11.8 Å². The lowest BCUT2D eigenvalue weighted by atomic mass is 9.95. The molecule has 5 nitrogen and oxygen atoms in total. The number of ether oxygens (including phenoxy) is 1. The Balaban J connectivity index is 2.16. The van der Waals surface area contributed by atoms with Gasteiger partial charge in [0.25, 0.3) is 0 Å². The lowest BCUT2D eigenvalue weighted by molar-refractivity contribution is 0.0538. The third-order valence-corrected chi connectivity index (χ3v) is 3.05. The van der Waals surface area contributed by atoms with Crippen LogP contribution in [0.5, 0.6) is 0 Å². The van der Waals surface area contributed by atoms with Gasteiger partial charge in [0, 0.05) is 25.4 Å². The lowest BCUT2D eigenvalue weighted by Gasteiger charge is -2.35. The van der Waals surface area contributed by atoms with Crippen LogP contribution in [0.1, 0.15) is 25.3 Å². The van der Waals surface area contributed by atoms with Crippen molar-refractivity contribution in [3.63, 3.8) is 0 Å². The van der Waals surface area contributed by atoms with Crippen LogP contribution in [0, 0.1) is 6.92 Å². The van der Waals surface area contributed by atoms with Crippen LogP contribution in [-0.4, -0.2) is 35.8 Å². The molecule has 1 aromatic heterocycles. The first-order valence-corrected chi connectivity index (χ1v) is 6.00. The summed E-state index contributed by atoms with van der Waals surface area (Å²) < 4.78 is 5.53. The normalized spacial score (nSPS) is 24.4. The second-order valence-electron chi connectivity index (χ2n) is 4.82. The Hall–Kier alpha value is -1.36. The zero-order valence-corrected chi connectivity index (χ0v) is 10.7. The molecular formula is C12H20N4O. The molecule has 0 aromatic carbocycles. The van der Waals surface area contributed by atoms with Gasteiger partial charge in [-0.3, -0.25) is 0 Å². The Morgan fingerprint density at radius 1 is 1.47 bits per heavy atom. The van der Waals surface area contributed by atoms with Crippen molar-refractivity contribution < 1.29 is 4.74 Å². The molecule has 94 valence electrons. The number of aromatic nitrogens is 2. The number of rotatable bonds is 3. The number of nitrogens with one attached hydrogen (secondary N) is 2. The Morgan fingerprint density at radius 2 is 2.29 bits per heavy atom. The maximum absolute atomic E-state index is 5.53. The Labute approximate surface area is 102 Å². The summed E-state index contributed by atoms with van der Waals surface area (Å²) in [4.78, 5) is 8.62. The van der Waals surface area contributed by atoms with E-state index in [-0.39, 0.29) is 5.54 Å². The van der Waals surface area contributed by atoms with Crippen LogP contribution in [-0.2, 0) is 4.74 Å². The van der Waals surface area contributed by atoms with Gasteiger partial charge in [-0.25, -0.2) is 4.98 Å². The zero-order chi connectivity index (χ0) is 12.3. The molecule has 1 fully saturated rings. The van der Waals surface area contributed by atoms with Crippen molar-refractivity contribution in [1.82, 2.24) is 9.97 Å². The summed E-state index contributed by atoms with van der Waals surface area (Å²) >= 11 is 0. The fourth-order valence-corrected chi connectivity index (χ4v) is 2.01. The average molecular weight is 236 g/mol. The first-order chi connectivity index (χ1) is 8.13. The zero-order valence-electron chi connectivity index (χ0n) is 10.7. The Morgan fingerprint density at radius 3 is 2.94 bits per heavy atom. The summed E-state index contributed by atoms with van der Waals surface area (Å²) in [5, 5.41) is 6.43. The van der Waals surface area contributed by atoms with Crippen molar-refractivity contribution >= 4 is 11.8 Å². The van der Waals surface area contributed by atoms with E-state index in [0.29, 0.717) is 5.95 Å². The summed E-state index contributed by atoms with van der Waals surface area (Å²) in [6, 6.07) is 0. The summed E-state index contributed by atoms with van der Waals surface area (Å²) in [7, 11) is 1.82. The van der Waals surface area contributed by atoms with Crippen LogP contribution in [0.3, 0.4) is 0 Å². The molecule has 2 N–H and O–H groups in total. The van der Waals surface area contributed by atoms with Crippen molar-refractivity contribution in [2.24, 2.45) is 0 Å². The van der Waals surface area contributed by atoms with Gasteiger partial charge in [-0.1, -0.05) is 0 Å². The van der Waals surface area contributed by atoms with Crippen molar-refractivity contribution in [1.29, 1.82) is 0 Å². The largest absolute Gasteiger partial charge is 0.379 e. The lowest BCUT2D eigenvalue weighted by Crippen LogP contribution is -2.43. The maximum atomic E-state index is 5.53. The van der Waals surface area contributed by atoms with Crippen molar-refractivity contribution in [3.8, 4) is 0 Å². The van der Waals surface area contributed by atoms with E-state index < -0.39 is 0 Å². The van der Waals surface area contributed by atoms with Gasteiger partial charge >= 0.3 is 0 Å². The van der Waals surface area contributed by atoms with Crippen LogP contribution in [0.2, 0.25) is 0 Å². The van der Waals surface area contributed by atoms with Crippen molar-refractivity contribution in [2.75, 3.05) is 30.9 Å². The topological polar surface area (TPSA) is 59.1 Å². The van der Waals surface area contributed by atoms with Crippen molar-refractivity contribution in [2.45, 2.75) is 32.2 Å². The monoisotopic (exact) mass is 236 g/mol. The molecule has 2 heterocycles. The highest BCUT2D eigenvalue weighted by molar-refractivity contribution is 5.48. The fraction of sp³-hybridized carbons (Fsp3) is 0.667. The van der Waals surface area contributed by atoms with E-state index in [2.05, 4.69) is 27.5 Å². The molecule has 5 heteroatoms. The molecule has 1 unspecified atom stereocenters. The summed E-state index contributed by atoms with van der Waals surface area (Å²) in [6.07, 6.45) is 4.02. The van der Waals surface area contributed by atoms with Gasteiger partial charge in [0.05, 0.1) is 12.1 Å². The standard InChI is InChI=1S/C12H20N4O/c1-9-7-14-11(13-3)15-10(9)16-12(2)5-4-6-17-8-12/h7H,4-6,8H2,1-3H3,(H2,13,14,15,16). The van der Waals surface area contributed by atoms with Crippen LogP contribution >= 0.6 is 0 Å². The van der Waals surface area contributed by atoms with E-state index >= 15 is 0 Å². The van der Waals surface area contributed by atoms with Gasteiger partial charge in [0.1, 0.15) is 5.82 Å². The molecule has 0 bridgehead atoms. The molecule has 1 atom stereocenters. The number of anilines is 2. The van der Waals surface area contributed by atoms with Crippen LogP contribution in [0.25, 0.3) is 0 Å². The maximum Gasteiger partial charge on any atom is 0.224 e. The molecule has 0 aliphatic carbocycles. The van der Waals surface area contributed by atoms with E-state index in [4.69, 9.17) is 4.74 Å². The molecule has 2 rings (SSSR count). The molecule has 0 radical (unpaired) electrons. The van der Waals surface area contributed by atoms with Gasteiger partial charge in [-0.05, 0) is 26.7 Å². The Bertz CT molecular complexity index is 388. The number of nitrogens with zero attached hydrogens (tertiary/aromatic N) is 2. The van der Waals surface area contributed by atoms with Crippen LogP contribution < -0.4 is 10.6 Å². The van der Waals surface area contributed by atoms with E-state index in [1.807, 2.05) is 20.2 Å². The highest BCUT2D eigenvalue weighted by Gasteiger charge is 2.28. The quantitative estimate of drug-likeness (QED) is 0.838. The minimum Gasteiger partial charge on any atom is -0.379 e. The highest BCUT2D eigenvalue weighted by atomic mass is 16.5. The van der Waals surface area contributed by atoms with Gasteiger partial charge < -0.3 is 15.4 Å². The average Bonchev–Trinajstić information content (AvgIpc) is 2.33. The minimum atomic E-state index is -0.0254. The van der Waals surface area contributed by atoms with E-state index in [1.54, 1.807) is 0 Å². The SMILES string of the molecule is CNc1ncc(C)c(NC2(C)CCCOC2)n1. The number of hydrogen-bond acceptors (Lipinski definition) is 5. The summed E-state index contributed by atoms with van der Waals surface area (Å²) in [5.74, 6) is 1.52. The molecule has 1 aromatic rings. The second kappa shape index (κ2) is 4.87. The Kier molecular flexibility index (Phi) is 3.47. The van der Waals surface area contributed by atoms with E-state index in [0.717, 1.165) is 37.4 Å². The number of aryl methyl sites for hydroxylation is 1. The minimum absolute atomic E-state index is 0.0254. The first-order valence-electron chi connectivity index (χ1n) is 6.00. The first kappa shape index (κ1) is 12.1. The van der Waals surface area contributed by atoms with Crippen molar-refractivity contribution in [3.05, 3.63) is 11.8 Å². The fourth-order valence-electron chi connectivity index (χ4n) is 2.01. The highest BCUT2D eigenvalue weighted by Crippen LogP contribution is 2.25. The molecular weight excluding hydrogens is 216 g/mol. The van der Waals surface area contributed by atoms with Gasteiger partial charge in [0.2, 0.25) is 5.95 Å². The van der Waals surface area contributed by atoms with Gasteiger partial charge in [0.15, 0.2) is 0 Å². The molecule has 17 heavy (non-hydrogen) atoms. The van der Waals surface area contributed by atoms with Gasteiger partial charge in [-0.15, -0.1) is 0 Å². The molecule has 0 spiro atoms. The summed E-state index contributed by atoms with van der Waals surface area (Å²) in [5.41, 5.74) is 1.03. The predicted molar refractivity (Wildman–Crippen MR) is 68.4 cm³/mol. The van der Waals surface area contributed by atoms with E-state index in [9.17, 15) is 0 Å². The van der Waals surface area contributed by atoms with E-state index in [1.165, 1.54) is 0 Å². The van der Waals surface area contributed by atoms with Gasteiger partial charge in [-0.2, -0.15) is 4.98 Å². The molecule has 0 amide bonds. The second-order valence-corrected chi connectivity index (χ2v) is 4.82. The molecule has 1 saturated heterocycles. The third-order valence-electron chi connectivity index (χ3n) is 3.05. The van der Waals surface area contributed by atoms with Crippen LogP contribution in [0.15, 0.2) is 6.20 Å². The predicted octanol–water partition coefficient (Wildman–Crippen LogP) is 1.81. The summed E-state index contributed by atoms with van der Waals surface area (Å²) in [6.45, 7) is 5.77. The molecule has 1 aliphatic heterocycles. The third kappa shape index (κ3) is 2.85. The number of hydrogen-bond donors (Lipinski definition) is 2. The molecule has 0 saturated carbocycles. The molecule has 1 aliphatic rings. The smallest absolute Gasteiger partial charge is 0.224 e.